The van der Waals surface area contributed by atoms with Crippen molar-refractivity contribution in [1.82, 2.24) is 0 Å². The molecule has 0 radical (unpaired) electrons. The number of fused-ring (bicyclic) bond motifs is 1. The highest BCUT2D eigenvalue weighted by Crippen LogP contribution is 2.36. The average Bonchev–Trinajstić information content (AvgIpc) is 2.72. The number of anilines is 1. The number of ether oxygens (including phenoxy) is 2. The molecule has 0 spiro atoms. The highest BCUT2D eigenvalue weighted by molar-refractivity contribution is 14.1. The summed E-state index contributed by atoms with van der Waals surface area (Å²) in [5.74, 6) is 0.387. The Morgan fingerprint density at radius 2 is 1.73 bits per heavy atom. The standard InChI is InChI=1S/C25H26INO3/c1-5-20(24(28)30-25(2,3)4)27-21-15-22(29-16-17-11-7-6-8-12-17)18-13-9-10-14-19(18)23(21)26/h5-15,20,27H,1,16H2,2-4H3. The van der Waals surface area contributed by atoms with Gasteiger partial charge >= 0.3 is 5.97 Å². The summed E-state index contributed by atoms with van der Waals surface area (Å²) in [6.07, 6.45) is 1.56. The van der Waals surface area contributed by atoms with Crippen LogP contribution in [-0.4, -0.2) is 17.6 Å². The second-order valence-corrected chi connectivity index (χ2v) is 9.03. The Kier molecular flexibility index (Phi) is 7.02. The Morgan fingerprint density at radius 3 is 2.37 bits per heavy atom. The number of carbonyl (C=O) groups excluding carboxylic acids is 1. The number of rotatable bonds is 7. The van der Waals surface area contributed by atoms with Crippen molar-refractivity contribution in [3.63, 3.8) is 0 Å². The summed E-state index contributed by atoms with van der Waals surface area (Å²) in [4.78, 5) is 12.6. The molecular weight excluding hydrogens is 489 g/mol. The Balaban J connectivity index is 1.93. The molecule has 1 atom stereocenters. The van der Waals surface area contributed by atoms with Crippen molar-refractivity contribution < 1.29 is 14.3 Å². The van der Waals surface area contributed by atoms with Gasteiger partial charge in [0, 0.05) is 20.4 Å². The van der Waals surface area contributed by atoms with Gasteiger partial charge in [0.15, 0.2) is 0 Å². The Morgan fingerprint density at radius 1 is 1.10 bits per heavy atom. The largest absolute Gasteiger partial charge is 0.488 e. The SMILES string of the molecule is C=CC(Nc1cc(OCc2ccccc2)c2ccccc2c1I)C(=O)OC(C)(C)C. The predicted octanol–water partition coefficient (Wildman–Crippen LogP) is 6.33. The van der Waals surface area contributed by atoms with Crippen LogP contribution in [0, 0.1) is 3.57 Å². The fraction of sp³-hybridized carbons (Fsp3) is 0.240. The number of halogens is 1. The van der Waals surface area contributed by atoms with Gasteiger partial charge in [-0.3, -0.25) is 0 Å². The molecule has 5 heteroatoms. The quantitative estimate of drug-likeness (QED) is 0.227. The Labute approximate surface area is 191 Å². The van der Waals surface area contributed by atoms with E-state index in [-0.39, 0.29) is 5.97 Å². The number of hydrogen-bond acceptors (Lipinski definition) is 4. The second-order valence-electron chi connectivity index (χ2n) is 7.95. The van der Waals surface area contributed by atoms with Gasteiger partial charge in [0.25, 0.3) is 0 Å². The van der Waals surface area contributed by atoms with E-state index in [1.54, 1.807) is 6.08 Å². The minimum atomic E-state index is -0.666. The van der Waals surface area contributed by atoms with E-state index < -0.39 is 11.6 Å². The number of nitrogens with one attached hydrogen (secondary N) is 1. The molecule has 0 fully saturated rings. The zero-order valence-electron chi connectivity index (χ0n) is 17.4. The minimum absolute atomic E-state index is 0.367. The molecule has 0 saturated carbocycles. The van der Waals surface area contributed by atoms with E-state index >= 15 is 0 Å². The van der Waals surface area contributed by atoms with Crippen LogP contribution in [-0.2, 0) is 16.1 Å². The van der Waals surface area contributed by atoms with Crippen molar-refractivity contribution >= 4 is 45.0 Å². The molecule has 0 saturated heterocycles. The van der Waals surface area contributed by atoms with Crippen LogP contribution < -0.4 is 10.1 Å². The molecule has 3 aromatic rings. The number of esters is 1. The van der Waals surface area contributed by atoms with Crippen LogP contribution in [0.15, 0.2) is 73.3 Å². The summed E-state index contributed by atoms with van der Waals surface area (Å²) in [6.45, 7) is 9.80. The summed E-state index contributed by atoms with van der Waals surface area (Å²) in [5.41, 5.74) is 1.32. The van der Waals surface area contributed by atoms with E-state index in [0.717, 1.165) is 31.3 Å². The van der Waals surface area contributed by atoms with Gasteiger partial charge in [-0.2, -0.15) is 0 Å². The molecule has 0 bridgehead atoms. The molecule has 0 heterocycles. The summed E-state index contributed by atoms with van der Waals surface area (Å²) >= 11 is 2.29. The Bertz CT molecular complexity index is 1040. The van der Waals surface area contributed by atoms with E-state index in [2.05, 4.69) is 34.5 Å². The zero-order valence-corrected chi connectivity index (χ0v) is 19.6. The molecule has 1 N–H and O–H groups in total. The van der Waals surface area contributed by atoms with Gasteiger partial charge in [-0.05, 0) is 48.9 Å². The van der Waals surface area contributed by atoms with Gasteiger partial charge < -0.3 is 14.8 Å². The molecule has 0 aliphatic carbocycles. The average molecular weight is 515 g/mol. The molecule has 0 aliphatic heterocycles. The third-order valence-corrected chi connectivity index (χ3v) is 5.55. The van der Waals surface area contributed by atoms with Crippen molar-refractivity contribution in [1.29, 1.82) is 0 Å². The summed E-state index contributed by atoms with van der Waals surface area (Å²) in [7, 11) is 0. The summed E-state index contributed by atoms with van der Waals surface area (Å²) in [6, 6.07) is 19.4. The summed E-state index contributed by atoms with van der Waals surface area (Å²) in [5, 5.41) is 5.35. The number of hydrogen-bond donors (Lipinski definition) is 1. The first-order chi connectivity index (χ1) is 14.3. The fourth-order valence-electron chi connectivity index (χ4n) is 3.01. The second kappa shape index (κ2) is 9.51. The maximum Gasteiger partial charge on any atom is 0.333 e. The molecule has 156 valence electrons. The van der Waals surface area contributed by atoms with Crippen LogP contribution >= 0.6 is 22.6 Å². The smallest absolute Gasteiger partial charge is 0.333 e. The lowest BCUT2D eigenvalue weighted by molar-refractivity contribution is -0.154. The van der Waals surface area contributed by atoms with E-state index in [9.17, 15) is 4.79 Å². The normalized spacial score (nSPS) is 12.3. The predicted molar refractivity (Wildman–Crippen MR) is 131 cm³/mol. The highest BCUT2D eigenvalue weighted by Gasteiger charge is 2.24. The van der Waals surface area contributed by atoms with Crippen LogP contribution in [0.4, 0.5) is 5.69 Å². The van der Waals surface area contributed by atoms with Crippen molar-refractivity contribution in [3.05, 3.63) is 82.5 Å². The van der Waals surface area contributed by atoms with Gasteiger partial charge in [0.05, 0.1) is 5.69 Å². The first kappa shape index (κ1) is 22.2. The zero-order chi connectivity index (χ0) is 21.7. The lowest BCUT2D eigenvalue weighted by Gasteiger charge is -2.24. The van der Waals surface area contributed by atoms with E-state index in [4.69, 9.17) is 9.47 Å². The van der Waals surface area contributed by atoms with Crippen molar-refractivity contribution in [2.75, 3.05) is 5.32 Å². The van der Waals surface area contributed by atoms with Crippen LogP contribution in [0.1, 0.15) is 26.3 Å². The molecular formula is C25H26INO3. The van der Waals surface area contributed by atoms with Gasteiger partial charge in [0.1, 0.15) is 24.0 Å². The molecule has 4 nitrogen and oxygen atoms in total. The van der Waals surface area contributed by atoms with Crippen LogP contribution in [0.25, 0.3) is 10.8 Å². The molecule has 30 heavy (non-hydrogen) atoms. The number of carbonyl (C=O) groups is 1. The monoisotopic (exact) mass is 515 g/mol. The first-order valence-electron chi connectivity index (χ1n) is 9.78. The van der Waals surface area contributed by atoms with Crippen molar-refractivity contribution in [2.24, 2.45) is 0 Å². The molecule has 0 aromatic heterocycles. The molecule has 1 unspecified atom stereocenters. The van der Waals surface area contributed by atoms with E-state index in [1.165, 1.54) is 0 Å². The molecule has 3 rings (SSSR count). The topological polar surface area (TPSA) is 47.6 Å². The minimum Gasteiger partial charge on any atom is -0.488 e. The molecule has 0 amide bonds. The lowest BCUT2D eigenvalue weighted by atomic mass is 10.1. The highest BCUT2D eigenvalue weighted by atomic mass is 127. The third kappa shape index (κ3) is 5.53. The van der Waals surface area contributed by atoms with Crippen LogP contribution in [0.5, 0.6) is 5.75 Å². The van der Waals surface area contributed by atoms with Gasteiger partial charge in [0.2, 0.25) is 0 Å². The van der Waals surface area contributed by atoms with Crippen molar-refractivity contribution in [3.8, 4) is 5.75 Å². The van der Waals surface area contributed by atoms with Gasteiger partial charge in [-0.25, -0.2) is 4.79 Å². The Hall–Kier alpha value is -2.54. The van der Waals surface area contributed by atoms with Crippen LogP contribution in [0.2, 0.25) is 0 Å². The fourth-order valence-corrected chi connectivity index (χ4v) is 3.80. The molecule has 3 aromatic carbocycles. The maximum atomic E-state index is 12.6. The molecule has 0 aliphatic rings. The van der Waals surface area contributed by atoms with Gasteiger partial charge in [-0.1, -0.05) is 60.7 Å². The number of benzene rings is 3. The van der Waals surface area contributed by atoms with E-state index in [1.807, 2.05) is 81.4 Å². The van der Waals surface area contributed by atoms with Crippen LogP contribution in [0.3, 0.4) is 0 Å². The maximum absolute atomic E-state index is 12.6. The van der Waals surface area contributed by atoms with Gasteiger partial charge in [-0.15, -0.1) is 6.58 Å². The summed E-state index contributed by atoms with van der Waals surface area (Å²) < 4.78 is 12.7. The first-order valence-corrected chi connectivity index (χ1v) is 10.9. The van der Waals surface area contributed by atoms with E-state index in [0.29, 0.717) is 6.61 Å². The lowest BCUT2D eigenvalue weighted by Crippen LogP contribution is -2.35. The third-order valence-electron chi connectivity index (χ3n) is 4.39. The van der Waals surface area contributed by atoms with Crippen molar-refractivity contribution in [2.45, 2.75) is 39.0 Å².